The molecule has 0 aliphatic heterocycles. The van der Waals surface area contributed by atoms with E-state index in [2.05, 4.69) is 23.5 Å². The number of carbonyl (C=O) groups is 1. The Balaban J connectivity index is 3.65. The van der Waals surface area contributed by atoms with E-state index in [0.717, 1.165) is 13.0 Å². The quantitative estimate of drug-likeness (QED) is 0.724. The largest absolute Gasteiger partial charge is 0.346 e. The van der Waals surface area contributed by atoms with Gasteiger partial charge >= 0.3 is 6.03 Å². The van der Waals surface area contributed by atoms with Gasteiger partial charge in [0, 0.05) is 6.54 Å². The van der Waals surface area contributed by atoms with Gasteiger partial charge in [0.1, 0.15) is 0 Å². The van der Waals surface area contributed by atoms with Gasteiger partial charge in [0.25, 0.3) is 0 Å². The Morgan fingerprint density at radius 1 is 1.58 bits per heavy atom. The van der Waals surface area contributed by atoms with E-state index in [1.165, 1.54) is 0 Å². The van der Waals surface area contributed by atoms with Gasteiger partial charge in [-0.2, -0.15) is 4.36 Å². The zero-order chi connectivity index (χ0) is 9.56. The second-order valence-corrected chi connectivity index (χ2v) is 4.79. The standard InChI is InChI=1S/C8H18N2OS/c1-5-7(2)6-9-8(11)10-12(3)4/h7H,5-6H2,1-4H3,(H,9,11). The highest BCUT2D eigenvalue weighted by atomic mass is 32.2. The van der Waals surface area contributed by atoms with Crippen molar-refractivity contribution in [3.05, 3.63) is 0 Å². The normalized spacial score (nSPS) is 12.8. The van der Waals surface area contributed by atoms with Crippen molar-refractivity contribution in [3.8, 4) is 0 Å². The van der Waals surface area contributed by atoms with Gasteiger partial charge in [0.15, 0.2) is 0 Å². The molecule has 0 aromatic rings. The van der Waals surface area contributed by atoms with Crippen LogP contribution in [-0.4, -0.2) is 25.1 Å². The number of nitrogens with zero attached hydrogens (tertiary/aromatic N) is 1. The van der Waals surface area contributed by atoms with Crippen molar-refractivity contribution < 1.29 is 4.79 Å². The maximum absolute atomic E-state index is 11.0. The van der Waals surface area contributed by atoms with Crippen molar-refractivity contribution in [2.45, 2.75) is 20.3 Å². The lowest BCUT2D eigenvalue weighted by Gasteiger charge is -2.07. The molecule has 0 aromatic carbocycles. The van der Waals surface area contributed by atoms with Crippen molar-refractivity contribution in [3.63, 3.8) is 0 Å². The Hall–Kier alpha value is -0.380. The number of rotatable bonds is 3. The zero-order valence-corrected chi connectivity index (χ0v) is 9.07. The molecule has 0 saturated heterocycles. The summed E-state index contributed by atoms with van der Waals surface area (Å²) < 4.78 is 3.86. The Labute approximate surface area is 77.0 Å². The Morgan fingerprint density at radius 3 is 2.58 bits per heavy atom. The van der Waals surface area contributed by atoms with Crippen LogP contribution in [0.3, 0.4) is 0 Å². The van der Waals surface area contributed by atoms with E-state index in [4.69, 9.17) is 0 Å². The topological polar surface area (TPSA) is 41.5 Å². The highest BCUT2D eigenvalue weighted by Gasteiger charge is 2.01. The predicted molar refractivity (Wildman–Crippen MR) is 54.5 cm³/mol. The number of hydrogen-bond donors (Lipinski definition) is 1. The van der Waals surface area contributed by atoms with Gasteiger partial charge in [-0.3, -0.25) is 0 Å². The molecule has 2 amide bonds. The lowest BCUT2D eigenvalue weighted by atomic mass is 10.1. The van der Waals surface area contributed by atoms with Crippen LogP contribution in [0, 0.1) is 5.92 Å². The molecule has 1 unspecified atom stereocenters. The van der Waals surface area contributed by atoms with Crippen molar-refractivity contribution in [1.82, 2.24) is 5.32 Å². The van der Waals surface area contributed by atoms with Crippen molar-refractivity contribution in [1.29, 1.82) is 0 Å². The Morgan fingerprint density at radius 2 is 2.17 bits per heavy atom. The minimum absolute atomic E-state index is 0.149. The SMILES string of the molecule is CCC(C)CNC(=O)N=S(C)C. The molecule has 0 aliphatic carbocycles. The van der Waals surface area contributed by atoms with Crippen LogP contribution < -0.4 is 5.32 Å². The van der Waals surface area contributed by atoms with E-state index >= 15 is 0 Å². The summed E-state index contributed by atoms with van der Waals surface area (Å²) in [6, 6.07) is -0.177. The van der Waals surface area contributed by atoms with Gasteiger partial charge in [0.2, 0.25) is 0 Å². The molecule has 0 aliphatic rings. The van der Waals surface area contributed by atoms with Crippen LogP contribution in [0.1, 0.15) is 20.3 Å². The van der Waals surface area contributed by atoms with Gasteiger partial charge in [0.05, 0.1) is 0 Å². The van der Waals surface area contributed by atoms with Crippen molar-refractivity contribution in [2.24, 2.45) is 10.3 Å². The smallest absolute Gasteiger partial charge is 0.336 e. The lowest BCUT2D eigenvalue weighted by Crippen LogP contribution is -2.25. The van der Waals surface area contributed by atoms with Gasteiger partial charge in [-0.15, -0.1) is 0 Å². The van der Waals surface area contributed by atoms with E-state index in [1.54, 1.807) is 0 Å². The summed E-state index contributed by atoms with van der Waals surface area (Å²) in [5.41, 5.74) is 0. The maximum Gasteiger partial charge on any atom is 0.346 e. The van der Waals surface area contributed by atoms with E-state index in [-0.39, 0.29) is 16.7 Å². The van der Waals surface area contributed by atoms with Gasteiger partial charge in [-0.1, -0.05) is 31.0 Å². The van der Waals surface area contributed by atoms with Crippen LogP contribution in [-0.2, 0) is 10.7 Å². The molecule has 0 heterocycles. The molecule has 0 aromatic heterocycles. The van der Waals surface area contributed by atoms with E-state index in [0.29, 0.717) is 5.92 Å². The average Bonchev–Trinajstić information content (AvgIpc) is 1.99. The first-order valence-corrected chi connectivity index (χ1v) is 6.13. The van der Waals surface area contributed by atoms with Crippen LogP contribution in [0.15, 0.2) is 4.36 Å². The third-order valence-corrected chi connectivity index (χ3v) is 2.10. The van der Waals surface area contributed by atoms with E-state index < -0.39 is 0 Å². The van der Waals surface area contributed by atoms with Gasteiger partial charge in [-0.05, 0) is 18.4 Å². The first-order chi connectivity index (χ1) is 5.56. The first-order valence-electron chi connectivity index (χ1n) is 4.13. The molecule has 1 N–H and O–H groups in total. The van der Waals surface area contributed by atoms with E-state index in [1.807, 2.05) is 12.5 Å². The number of hydrogen-bond acceptors (Lipinski definition) is 1. The van der Waals surface area contributed by atoms with Crippen molar-refractivity contribution in [2.75, 3.05) is 19.1 Å². The second kappa shape index (κ2) is 6.17. The maximum atomic E-state index is 11.0. The number of carbonyl (C=O) groups excluding carboxylic acids is 1. The first kappa shape index (κ1) is 11.6. The van der Waals surface area contributed by atoms with Gasteiger partial charge in [-0.25, -0.2) is 4.79 Å². The Kier molecular flexibility index (Phi) is 5.98. The molecule has 0 radical (unpaired) electrons. The van der Waals surface area contributed by atoms with Crippen LogP contribution in [0.25, 0.3) is 0 Å². The fourth-order valence-corrected chi connectivity index (χ4v) is 1.00. The third kappa shape index (κ3) is 6.34. The molecule has 0 saturated carbocycles. The molecule has 0 rings (SSSR count). The van der Waals surface area contributed by atoms with Crippen molar-refractivity contribution >= 4 is 16.7 Å². The highest BCUT2D eigenvalue weighted by Crippen LogP contribution is 1.97. The van der Waals surface area contributed by atoms with Crippen LogP contribution in [0.5, 0.6) is 0 Å². The highest BCUT2D eigenvalue weighted by molar-refractivity contribution is 7.86. The molecular formula is C8H18N2OS. The molecule has 0 spiro atoms. The monoisotopic (exact) mass is 190 g/mol. The summed E-state index contributed by atoms with van der Waals surface area (Å²) in [7, 11) is -0.149. The summed E-state index contributed by atoms with van der Waals surface area (Å²) in [5, 5.41) is 2.77. The summed E-state index contributed by atoms with van der Waals surface area (Å²) in [6.07, 6.45) is 4.93. The molecule has 1 atom stereocenters. The number of urea groups is 1. The number of amides is 2. The molecule has 12 heavy (non-hydrogen) atoms. The summed E-state index contributed by atoms with van der Waals surface area (Å²) >= 11 is 0. The van der Waals surface area contributed by atoms with Gasteiger partial charge < -0.3 is 5.32 Å². The number of nitrogens with one attached hydrogen (secondary N) is 1. The minimum Gasteiger partial charge on any atom is -0.336 e. The lowest BCUT2D eigenvalue weighted by molar-refractivity contribution is 0.248. The average molecular weight is 190 g/mol. The van der Waals surface area contributed by atoms with Crippen LogP contribution in [0.4, 0.5) is 4.79 Å². The fourth-order valence-electron chi connectivity index (χ4n) is 0.604. The Bertz CT molecular complexity index is 176. The minimum atomic E-state index is -0.177. The molecule has 0 bridgehead atoms. The predicted octanol–water partition coefficient (Wildman–Crippen LogP) is 1.80. The summed E-state index contributed by atoms with van der Waals surface area (Å²) in [5.74, 6) is 0.541. The van der Waals surface area contributed by atoms with Crippen LogP contribution >= 0.6 is 0 Å². The molecule has 3 nitrogen and oxygen atoms in total. The molecule has 4 heteroatoms. The van der Waals surface area contributed by atoms with Crippen LogP contribution in [0.2, 0.25) is 0 Å². The second-order valence-electron chi connectivity index (χ2n) is 3.06. The molecular weight excluding hydrogens is 172 g/mol. The summed E-state index contributed by atoms with van der Waals surface area (Å²) in [6.45, 7) is 4.95. The molecule has 72 valence electrons. The fraction of sp³-hybridized carbons (Fsp3) is 0.875. The molecule has 0 fully saturated rings. The zero-order valence-electron chi connectivity index (χ0n) is 8.26. The van der Waals surface area contributed by atoms with E-state index in [9.17, 15) is 4.79 Å². The third-order valence-electron chi connectivity index (χ3n) is 1.56. The summed E-state index contributed by atoms with van der Waals surface area (Å²) in [4.78, 5) is 11.0.